The average molecular weight is 511 g/mol. The van der Waals surface area contributed by atoms with Crippen molar-refractivity contribution in [2.45, 2.75) is 26.2 Å². The summed E-state index contributed by atoms with van der Waals surface area (Å²) in [5.74, 6) is 0.594. The molecule has 12 heteroatoms. The quantitative estimate of drug-likeness (QED) is 0.301. The van der Waals surface area contributed by atoms with E-state index < -0.39 is 7.82 Å². The molecule has 2 heterocycles. The second-order valence-electron chi connectivity index (χ2n) is 7.41. The van der Waals surface area contributed by atoms with Crippen LogP contribution in [0, 0.1) is 0 Å². The van der Waals surface area contributed by atoms with Gasteiger partial charge in [0.25, 0.3) is 5.56 Å². The molecule has 33 heavy (non-hydrogen) atoms. The zero-order chi connectivity index (χ0) is 24.3. The molecule has 0 aliphatic carbocycles. The number of benzene rings is 2. The Morgan fingerprint density at radius 2 is 1.61 bits per heavy atom. The van der Waals surface area contributed by atoms with Crippen molar-refractivity contribution in [2.24, 2.45) is 0 Å². The molecule has 0 saturated carbocycles. The van der Waals surface area contributed by atoms with Crippen LogP contribution in [-0.4, -0.2) is 34.4 Å². The summed E-state index contributed by atoms with van der Waals surface area (Å²) in [7, 11) is -4.64. The molecule has 0 fully saturated rings. The Morgan fingerprint density at radius 1 is 1.03 bits per heavy atom. The van der Waals surface area contributed by atoms with Gasteiger partial charge < -0.3 is 19.7 Å². The fraction of sp³-hybridized carbons (Fsp3) is 0.190. The Morgan fingerprint density at radius 3 is 2.15 bits per heavy atom. The third-order valence-corrected chi connectivity index (χ3v) is 5.13. The molecule has 0 atom stereocenters. The fourth-order valence-electron chi connectivity index (χ4n) is 3.22. The molecule has 0 aliphatic rings. The van der Waals surface area contributed by atoms with Gasteiger partial charge in [0.15, 0.2) is 5.65 Å². The molecule has 4 N–H and O–H groups in total. The summed E-state index contributed by atoms with van der Waals surface area (Å²) >= 11 is 12.8. The zero-order valence-electron chi connectivity index (χ0n) is 17.6. The Kier molecular flexibility index (Phi) is 7.74. The SMILES string of the molecule is CC(C)c1nn(-c2c(Cl)cccc2Cl)c2nc(Cc3ccccc3)[nH]c(=O)c12.O=P(O)(O)O. The third-order valence-electron chi connectivity index (χ3n) is 4.52. The third kappa shape index (κ3) is 6.29. The van der Waals surface area contributed by atoms with Crippen molar-refractivity contribution >= 4 is 42.1 Å². The smallest absolute Gasteiger partial charge is 0.310 e. The Balaban J connectivity index is 0.000000555. The van der Waals surface area contributed by atoms with Gasteiger partial charge in [0.1, 0.15) is 16.9 Å². The number of fused-ring (bicyclic) bond motifs is 1. The normalized spacial score (nSPS) is 11.5. The summed E-state index contributed by atoms with van der Waals surface area (Å²) in [5, 5.41) is 6.00. The van der Waals surface area contributed by atoms with E-state index in [4.69, 9.17) is 47.4 Å². The molecule has 4 aromatic rings. The number of rotatable bonds is 4. The van der Waals surface area contributed by atoms with Crippen LogP contribution in [0.2, 0.25) is 10.0 Å². The summed E-state index contributed by atoms with van der Waals surface area (Å²) in [6.45, 7) is 3.97. The first kappa shape index (κ1) is 25.1. The number of phosphoric acid groups is 1. The number of hydrogen-bond donors (Lipinski definition) is 4. The lowest BCUT2D eigenvalue weighted by atomic mass is 10.1. The Hall–Kier alpha value is -2.52. The van der Waals surface area contributed by atoms with E-state index in [0.29, 0.717) is 44.7 Å². The van der Waals surface area contributed by atoms with Gasteiger partial charge in [-0.15, -0.1) is 0 Å². The Bertz CT molecular complexity index is 1350. The van der Waals surface area contributed by atoms with Crippen LogP contribution < -0.4 is 5.56 Å². The van der Waals surface area contributed by atoms with E-state index in [1.165, 1.54) is 0 Å². The molecule has 9 nitrogen and oxygen atoms in total. The first-order valence-electron chi connectivity index (χ1n) is 9.74. The molecular weight excluding hydrogens is 490 g/mol. The van der Waals surface area contributed by atoms with Gasteiger partial charge in [-0.05, 0) is 23.6 Å². The van der Waals surface area contributed by atoms with Gasteiger partial charge >= 0.3 is 7.82 Å². The van der Waals surface area contributed by atoms with E-state index in [0.717, 1.165) is 5.56 Å². The predicted octanol–water partition coefficient (Wildman–Crippen LogP) is 4.20. The van der Waals surface area contributed by atoms with Crippen LogP contribution >= 0.6 is 31.0 Å². The molecule has 0 unspecified atom stereocenters. The van der Waals surface area contributed by atoms with Crippen LogP contribution in [0.3, 0.4) is 0 Å². The van der Waals surface area contributed by atoms with Gasteiger partial charge in [-0.3, -0.25) is 4.79 Å². The van der Waals surface area contributed by atoms with E-state index in [1.807, 2.05) is 44.2 Å². The van der Waals surface area contributed by atoms with Crippen molar-refractivity contribution in [1.29, 1.82) is 0 Å². The molecule has 0 aliphatic heterocycles. The molecule has 174 valence electrons. The lowest BCUT2D eigenvalue weighted by Crippen LogP contribution is -2.14. The van der Waals surface area contributed by atoms with Crippen molar-refractivity contribution in [3.05, 3.63) is 86.0 Å². The van der Waals surface area contributed by atoms with Crippen molar-refractivity contribution in [3.8, 4) is 5.69 Å². The molecule has 2 aromatic carbocycles. The highest BCUT2D eigenvalue weighted by molar-refractivity contribution is 7.45. The van der Waals surface area contributed by atoms with Gasteiger partial charge in [0.05, 0.1) is 15.7 Å². The monoisotopic (exact) mass is 510 g/mol. The minimum absolute atomic E-state index is 0.0351. The molecule has 0 spiro atoms. The van der Waals surface area contributed by atoms with E-state index in [2.05, 4.69) is 10.1 Å². The predicted molar refractivity (Wildman–Crippen MR) is 127 cm³/mol. The van der Waals surface area contributed by atoms with Crippen molar-refractivity contribution < 1.29 is 19.2 Å². The summed E-state index contributed by atoms with van der Waals surface area (Å²) in [6, 6.07) is 15.1. The summed E-state index contributed by atoms with van der Waals surface area (Å²) in [6.07, 6.45) is 0.504. The maximum atomic E-state index is 12.9. The topological polar surface area (TPSA) is 141 Å². The Labute approximate surface area is 198 Å². The number of aromatic nitrogens is 4. The highest BCUT2D eigenvalue weighted by Gasteiger charge is 2.22. The number of nitrogens with zero attached hydrogens (tertiary/aromatic N) is 3. The van der Waals surface area contributed by atoms with Gasteiger partial charge in [0.2, 0.25) is 0 Å². The van der Waals surface area contributed by atoms with E-state index in [1.54, 1.807) is 22.9 Å². The lowest BCUT2D eigenvalue weighted by Gasteiger charge is -2.08. The number of halogens is 2. The van der Waals surface area contributed by atoms with E-state index in [-0.39, 0.29) is 11.5 Å². The van der Waals surface area contributed by atoms with Crippen LogP contribution in [0.15, 0.2) is 53.3 Å². The number of nitrogens with one attached hydrogen (secondary N) is 1. The minimum Gasteiger partial charge on any atom is -0.310 e. The highest BCUT2D eigenvalue weighted by Crippen LogP contribution is 2.32. The summed E-state index contributed by atoms with van der Waals surface area (Å²) in [4.78, 5) is 42.1. The largest absolute Gasteiger partial charge is 0.466 e. The maximum absolute atomic E-state index is 12.9. The molecule has 2 aromatic heterocycles. The number of aromatic amines is 1. The van der Waals surface area contributed by atoms with Crippen molar-refractivity contribution in [1.82, 2.24) is 19.7 Å². The second kappa shape index (κ2) is 10.2. The first-order chi connectivity index (χ1) is 15.5. The first-order valence-corrected chi connectivity index (χ1v) is 12.1. The average Bonchev–Trinajstić information content (AvgIpc) is 3.07. The molecule has 0 bridgehead atoms. The van der Waals surface area contributed by atoms with E-state index in [9.17, 15) is 4.79 Å². The second-order valence-corrected chi connectivity index (χ2v) is 9.25. The number of para-hydroxylation sites is 1. The minimum atomic E-state index is -4.64. The van der Waals surface area contributed by atoms with E-state index >= 15 is 0 Å². The zero-order valence-corrected chi connectivity index (χ0v) is 20.0. The van der Waals surface area contributed by atoms with Crippen LogP contribution in [0.4, 0.5) is 0 Å². The number of H-pyrrole nitrogens is 1. The molecule has 4 rings (SSSR count). The molecular formula is C21H21Cl2N4O5P. The maximum Gasteiger partial charge on any atom is 0.466 e. The van der Waals surface area contributed by atoms with Gasteiger partial charge in [-0.1, -0.05) is 73.4 Å². The highest BCUT2D eigenvalue weighted by atomic mass is 35.5. The van der Waals surface area contributed by atoms with Crippen LogP contribution in [-0.2, 0) is 11.0 Å². The standard InChI is InChI=1S/C21H18Cl2N4O.H3O4P/c1-12(2)18-17-20(27(26-18)19-14(22)9-6-10-15(19)23)24-16(25-21(17)28)11-13-7-4-3-5-8-13;1-5(2,3)4/h3-10,12H,11H2,1-2H3,(H,24,25,28);(H3,1,2,3,4). The molecule has 0 radical (unpaired) electrons. The van der Waals surface area contributed by atoms with Gasteiger partial charge in [0, 0.05) is 6.42 Å². The van der Waals surface area contributed by atoms with Gasteiger partial charge in [-0.25, -0.2) is 14.2 Å². The van der Waals surface area contributed by atoms with Crippen LogP contribution in [0.25, 0.3) is 16.7 Å². The fourth-order valence-corrected chi connectivity index (χ4v) is 3.78. The molecule has 0 saturated heterocycles. The summed E-state index contributed by atoms with van der Waals surface area (Å²) in [5.41, 5.74) is 2.47. The molecule has 0 amide bonds. The van der Waals surface area contributed by atoms with Crippen molar-refractivity contribution in [3.63, 3.8) is 0 Å². The van der Waals surface area contributed by atoms with Crippen LogP contribution in [0.5, 0.6) is 0 Å². The van der Waals surface area contributed by atoms with Gasteiger partial charge in [-0.2, -0.15) is 5.10 Å². The lowest BCUT2D eigenvalue weighted by molar-refractivity contribution is 0.275. The number of hydrogen-bond acceptors (Lipinski definition) is 4. The summed E-state index contributed by atoms with van der Waals surface area (Å²) < 4.78 is 10.5. The van der Waals surface area contributed by atoms with Crippen molar-refractivity contribution in [2.75, 3.05) is 0 Å². The van der Waals surface area contributed by atoms with Crippen LogP contribution in [0.1, 0.15) is 36.8 Å².